The van der Waals surface area contributed by atoms with E-state index in [0.29, 0.717) is 40.4 Å². The van der Waals surface area contributed by atoms with Gasteiger partial charge < -0.3 is 9.74 Å². The fourth-order valence-electron chi connectivity index (χ4n) is 4.37. The number of aryl methyl sites for hydroxylation is 1. The molecule has 0 aliphatic carbocycles. The van der Waals surface area contributed by atoms with Crippen LogP contribution >= 0.6 is 23.4 Å². The summed E-state index contributed by atoms with van der Waals surface area (Å²) in [6.07, 6.45) is 0.315. The van der Waals surface area contributed by atoms with Gasteiger partial charge >= 0.3 is 5.97 Å². The van der Waals surface area contributed by atoms with E-state index in [2.05, 4.69) is 10.1 Å². The van der Waals surface area contributed by atoms with Crippen molar-refractivity contribution >= 4 is 58.0 Å². The van der Waals surface area contributed by atoms with Crippen molar-refractivity contribution in [1.82, 2.24) is 0 Å². The normalized spacial score (nSPS) is 11.2. The van der Waals surface area contributed by atoms with Crippen molar-refractivity contribution in [1.29, 1.82) is 0 Å². The third kappa shape index (κ3) is 7.96. The van der Waals surface area contributed by atoms with Crippen LogP contribution in [-0.2, 0) is 9.63 Å². The molecule has 0 bridgehead atoms. The van der Waals surface area contributed by atoms with Gasteiger partial charge in [0.25, 0.3) is 0 Å². The summed E-state index contributed by atoms with van der Waals surface area (Å²) in [7, 11) is 0. The summed E-state index contributed by atoms with van der Waals surface area (Å²) < 4.78 is 0. The number of carbonyl (C=O) groups is 3. The van der Waals surface area contributed by atoms with E-state index < -0.39 is 5.97 Å². The fourth-order valence-corrected chi connectivity index (χ4v) is 5.35. The molecule has 0 radical (unpaired) electrons. The van der Waals surface area contributed by atoms with E-state index >= 15 is 0 Å². The lowest BCUT2D eigenvalue weighted by atomic mass is 9.99. The number of thioether (sulfide) groups is 1. The van der Waals surface area contributed by atoms with Gasteiger partial charge in [-0.05, 0) is 92.2 Å². The van der Waals surface area contributed by atoms with E-state index in [1.807, 2.05) is 98.8 Å². The van der Waals surface area contributed by atoms with E-state index in [4.69, 9.17) is 16.4 Å². The molecule has 0 aromatic heterocycles. The van der Waals surface area contributed by atoms with Gasteiger partial charge in [-0.15, -0.1) is 11.8 Å². The van der Waals surface area contributed by atoms with Crippen molar-refractivity contribution in [2.45, 2.75) is 32.1 Å². The van der Waals surface area contributed by atoms with Crippen molar-refractivity contribution in [3.63, 3.8) is 0 Å². The van der Waals surface area contributed by atoms with E-state index in [1.165, 1.54) is 6.92 Å². The average molecular weight is 599 g/mol. The van der Waals surface area contributed by atoms with Gasteiger partial charge in [0.05, 0.1) is 0 Å². The number of anilines is 2. The Morgan fingerprint density at radius 3 is 2.00 bits per heavy atom. The van der Waals surface area contributed by atoms with Gasteiger partial charge in [0.2, 0.25) is 5.78 Å². The Hall–Kier alpha value is -4.20. The zero-order chi connectivity index (χ0) is 30.1. The molecule has 0 saturated heterocycles. The van der Waals surface area contributed by atoms with Crippen LogP contribution < -0.4 is 4.90 Å². The van der Waals surface area contributed by atoms with Gasteiger partial charge in [-0.3, -0.25) is 9.59 Å². The minimum Gasteiger partial charge on any atom is -0.342 e. The van der Waals surface area contributed by atoms with Gasteiger partial charge in [-0.1, -0.05) is 41.0 Å². The number of rotatable bonds is 12. The maximum Gasteiger partial charge on any atom is 0.331 e. The summed E-state index contributed by atoms with van der Waals surface area (Å²) in [5.41, 5.74) is 4.68. The van der Waals surface area contributed by atoms with E-state index in [9.17, 15) is 14.4 Å². The summed E-state index contributed by atoms with van der Waals surface area (Å²) >= 11 is 7.51. The molecule has 0 amide bonds. The molecule has 214 valence electrons. The Labute approximate surface area is 255 Å². The van der Waals surface area contributed by atoms with Crippen LogP contribution in [0, 0.1) is 6.92 Å². The van der Waals surface area contributed by atoms with Crippen LogP contribution in [0.3, 0.4) is 0 Å². The second-order valence-electron chi connectivity index (χ2n) is 9.48. The zero-order valence-corrected chi connectivity index (χ0v) is 25.2. The second kappa shape index (κ2) is 14.6. The van der Waals surface area contributed by atoms with E-state index in [1.54, 1.807) is 23.9 Å². The quantitative estimate of drug-likeness (QED) is 0.0536. The van der Waals surface area contributed by atoms with E-state index in [0.717, 1.165) is 21.8 Å². The average Bonchev–Trinajstić information content (AvgIpc) is 3.00. The Bertz CT molecular complexity index is 1580. The van der Waals surface area contributed by atoms with Gasteiger partial charge in [0, 0.05) is 63.6 Å². The Kier molecular flexibility index (Phi) is 10.7. The smallest absolute Gasteiger partial charge is 0.331 e. The molecular formula is C34H31ClN2O4S. The number of ketones is 2. The van der Waals surface area contributed by atoms with Crippen molar-refractivity contribution < 1.29 is 19.2 Å². The molecule has 0 fully saturated rings. The lowest BCUT2D eigenvalue weighted by Crippen LogP contribution is -2.18. The molecule has 0 N–H and O–H groups in total. The number of benzene rings is 4. The highest BCUT2D eigenvalue weighted by molar-refractivity contribution is 7.99. The minimum atomic E-state index is -0.591. The first kappa shape index (κ1) is 30.8. The number of oxime groups is 1. The topological polar surface area (TPSA) is 76.0 Å². The van der Waals surface area contributed by atoms with Gasteiger partial charge in [-0.25, -0.2) is 4.79 Å². The molecule has 4 aromatic rings. The predicted molar refractivity (Wildman–Crippen MR) is 170 cm³/mol. The molecule has 8 heteroatoms. The molecule has 0 aliphatic rings. The molecule has 0 aliphatic heterocycles. The molecule has 0 heterocycles. The highest BCUT2D eigenvalue weighted by atomic mass is 35.5. The summed E-state index contributed by atoms with van der Waals surface area (Å²) in [6.45, 7) is 5.89. The number of hydrogen-bond acceptors (Lipinski definition) is 7. The SMILES string of the molecule is CCN(c1ccc(C(=O)/C(CCSc2ccc(Cl)cc2)=N/OC(C)=O)cc1)c1ccc(C(=O)c2ccccc2C)cc1. The Morgan fingerprint density at radius 2 is 1.43 bits per heavy atom. The monoisotopic (exact) mass is 598 g/mol. The first-order valence-corrected chi connectivity index (χ1v) is 14.9. The molecular weight excluding hydrogens is 568 g/mol. The first-order chi connectivity index (χ1) is 20.3. The van der Waals surface area contributed by atoms with Gasteiger partial charge in [-0.2, -0.15) is 0 Å². The fraction of sp³-hybridized carbons (Fsp3) is 0.176. The summed E-state index contributed by atoms with van der Waals surface area (Å²) in [6, 6.07) is 29.7. The standard InChI is InChI=1S/C34H31ClN2O4S/c1-4-37(28-15-9-25(10-16-28)33(39)31-8-6-5-7-23(31)2)29-17-11-26(12-18-29)34(40)32(36-41-24(3)38)21-22-42-30-19-13-27(35)14-20-30/h5-20H,4,21-22H2,1-3H3/b36-32+. The molecule has 6 nitrogen and oxygen atoms in total. The second-order valence-corrected chi connectivity index (χ2v) is 11.1. The molecule has 4 aromatic carbocycles. The van der Waals surface area contributed by atoms with Crippen LogP contribution in [0.5, 0.6) is 0 Å². The van der Waals surface area contributed by atoms with Crippen LogP contribution in [0.15, 0.2) is 107 Å². The molecule has 42 heavy (non-hydrogen) atoms. The highest BCUT2D eigenvalue weighted by Crippen LogP contribution is 2.27. The largest absolute Gasteiger partial charge is 0.342 e. The number of carbonyl (C=O) groups excluding carboxylic acids is 3. The maximum atomic E-state index is 13.3. The van der Waals surface area contributed by atoms with Crippen molar-refractivity contribution in [2.75, 3.05) is 17.2 Å². The van der Waals surface area contributed by atoms with Crippen molar-refractivity contribution in [2.24, 2.45) is 5.16 Å². The number of Topliss-reactive ketones (excluding diaryl/α,β-unsaturated/α-hetero) is 1. The predicted octanol–water partition coefficient (Wildman–Crippen LogP) is 8.32. The van der Waals surface area contributed by atoms with Crippen LogP contribution in [0.25, 0.3) is 0 Å². The molecule has 0 spiro atoms. The van der Waals surface area contributed by atoms with Gasteiger partial charge in [0.1, 0.15) is 5.71 Å². The molecule has 0 saturated carbocycles. The third-order valence-corrected chi connectivity index (χ3v) is 7.82. The molecule has 0 atom stereocenters. The lowest BCUT2D eigenvalue weighted by Gasteiger charge is -2.24. The number of hydrogen-bond donors (Lipinski definition) is 0. The molecule has 0 unspecified atom stereocenters. The Morgan fingerprint density at radius 1 is 0.833 bits per heavy atom. The number of nitrogens with zero attached hydrogens (tertiary/aromatic N) is 2. The van der Waals surface area contributed by atoms with Crippen molar-refractivity contribution in [3.8, 4) is 0 Å². The highest BCUT2D eigenvalue weighted by Gasteiger charge is 2.18. The maximum absolute atomic E-state index is 13.3. The van der Waals surface area contributed by atoms with Crippen LogP contribution in [-0.4, -0.2) is 35.5 Å². The van der Waals surface area contributed by atoms with Crippen molar-refractivity contribution in [3.05, 3.63) is 124 Å². The third-order valence-electron chi connectivity index (χ3n) is 6.56. The summed E-state index contributed by atoms with van der Waals surface area (Å²) in [5.74, 6) is -0.339. The zero-order valence-electron chi connectivity index (χ0n) is 23.7. The van der Waals surface area contributed by atoms with Crippen LogP contribution in [0.4, 0.5) is 11.4 Å². The number of halogens is 1. The van der Waals surface area contributed by atoms with Crippen LogP contribution in [0.1, 0.15) is 52.1 Å². The van der Waals surface area contributed by atoms with E-state index in [-0.39, 0.29) is 17.3 Å². The van der Waals surface area contributed by atoms with Gasteiger partial charge in [0.15, 0.2) is 5.78 Å². The summed E-state index contributed by atoms with van der Waals surface area (Å²) in [4.78, 5) is 45.6. The van der Waals surface area contributed by atoms with Crippen LogP contribution in [0.2, 0.25) is 5.02 Å². The lowest BCUT2D eigenvalue weighted by molar-refractivity contribution is -0.140. The first-order valence-electron chi connectivity index (χ1n) is 13.5. The summed E-state index contributed by atoms with van der Waals surface area (Å²) in [5, 5.41) is 4.52. The minimum absolute atomic E-state index is 0.0108. The Balaban J connectivity index is 1.46. The molecule has 4 rings (SSSR count).